The van der Waals surface area contributed by atoms with Gasteiger partial charge in [0.15, 0.2) is 11.5 Å². The summed E-state index contributed by atoms with van der Waals surface area (Å²) >= 11 is 0. The molecule has 0 N–H and O–H groups in total. The summed E-state index contributed by atoms with van der Waals surface area (Å²) in [6.07, 6.45) is 4.69. The number of allylic oxidation sites excluding steroid dienone is 2. The molecule has 1 aromatic rings. The molecule has 21 heavy (non-hydrogen) atoms. The van der Waals surface area contributed by atoms with Crippen LogP contribution in [0, 0.1) is 5.92 Å². The van der Waals surface area contributed by atoms with E-state index in [0.29, 0.717) is 11.8 Å². The average molecular weight is 288 g/mol. The normalized spacial score (nSPS) is 26.0. The lowest BCUT2D eigenvalue weighted by Crippen LogP contribution is -2.45. The fourth-order valence-corrected chi connectivity index (χ4v) is 3.79. The number of hydrogen-bond acceptors (Lipinski definition) is 3. The van der Waals surface area contributed by atoms with Crippen molar-refractivity contribution in [3.05, 3.63) is 29.3 Å². The Kier molecular flexibility index (Phi) is 3.39. The van der Waals surface area contributed by atoms with Crippen molar-refractivity contribution in [3.8, 4) is 17.2 Å². The van der Waals surface area contributed by atoms with Gasteiger partial charge >= 0.3 is 0 Å². The van der Waals surface area contributed by atoms with Crippen molar-refractivity contribution in [2.45, 2.75) is 45.1 Å². The topological polar surface area (TPSA) is 27.7 Å². The fraction of sp³-hybridized carbons (Fsp3) is 0.556. The molecule has 0 unspecified atom stereocenters. The van der Waals surface area contributed by atoms with Crippen LogP contribution in [0.25, 0.3) is 0 Å². The van der Waals surface area contributed by atoms with Crippen molar-refractivity contribution < 1.29 is 14.2 Å². The minimum absolute atomic E-state index is 0.200. The van der Waals surface area contributed by atoms with E-state index >= 15 is 0 Å². The summed E-state index contributed by atoms with van der Waals surface area (Å²) in [5.74, 6) is 3.32. The van der Waals surface area contributed by atoms with Gasteiger partial charge in [0, 0.05) is 17.4 Å². The molecule has 0 spiro atoms. The molecule has 0 fully saturated rings. The first-order valence-corrected chi connectivity index (χ1v) is 7.59. The molecule has 3 heteroatoms. The van der Waals surface area contributed by atoms with E-state index in [1.54, 1.807) is 14.2 Å². The monoisotopic (exact) mass is 288 g/mol. The highest BCUT2D eigenvalue weighted by Gasteiger charge is 2.46. The van der Waals surface area contributed by atoms with E-state index in [1.165, 1.54) is 5.57 Å². The second kappa shape index (κ2) is 4.97. The maximum absolute atomic E-state index is 6.35. The number of ether oxygens (including phenoxy) is 3. The highest BCUT2D eigenvalue weighted by Crippen LogP contribution is 2.55. The Labute approximate surface area is 126 Å². The number of fused-ring (bicyclic) bond motifs is 3. The van der Waals surface area contributed by atoms with Gasteiger partial charge in [0.05, 0.1) is 14.2 Å². The predicted octanol–water partition coefficient (Wildman–Crippen LogP) is 4.31. The molecular formula is C18H24O3. The quantitative estimate of drug-likeness (QED) is 0.759. The summed E-state index contributed by atoms with van der Waals surface area (Å²) < 4.78 is 17.5. The van der Waals surface area contributed by atoms with Gasteiger partial charge in [-0.1, -0.05) is 11.6 Å². The standard InChI is InChI=1S/C18H24O3/c1-11-6-7-13-12(10-11)16-14(19-4)8-9-15(20-5)17(16)21-18(13,2)3/h8-10,12-13H,6-7H2,1-5H3/t12-,13+/m1/s1. The predicted molar refractivity (Wildman–Crippen MR) is 83.5 cm³/mol. The van der Waals surface area contributed by atoms with Crippen molar-refractivity contribution in [3.63, 3.8) is 0 Å². The SMILES string of the molecule is COc1ccc(OC)c2c1OC(C)(C)[C@H]1CCC(C)=C[C@@H]21. The fourth-order valence-electron chi connectivity index (χ4n) is 3.79. The molecule has 3 rings (SSSR count). The third-order valence-electron chi connectivity index (χ3n) is 4.90. The Hall–Kier alpha value is -1.64. The number of benzene rings is 1. The zero-order chi connectivity index (χ0) is 15.2. The molecule has 0 radical (unpaired) electrons. The Morgan fingerprint density at radius 2 is 1.81 bits per heavy atom. The van der Waals surface area contributed by atoms with Gasteiger partial charge in [-0.2, -0.15) is 0 Å². The van der Waals surface area contributed by atoms with Crippen LogP contribution in [0.3, 0.4) is 0 Å². The van der Waals surface area contributed by atoms with Crippen molar-refractivity contribution >= 4 is 0 Å². The summed E-state index contributed by atoms with van der Waals surface area (Å²) in [5, 5.41) is 0. The number of rotatable bonds is 2. The molecule has 0 aromatic heterocycles. The number of hydrogen-bond donors (Lipinski definition) is 0. The molecule has 114 valence electrons. The van der Waals surface area contributed by atoms with Gasteiger partial charge in [0.1, 0.15) is 11.4 Å². The summed E-state index contributed by atoms with van der Waals surface area (Å²) in [6.45, 7) is 6.58. The van der Waals surface area contributed by atoms with E-state index in [0.717, 1.165) is 35.7 Å². The Bertz CT molecular complexity index is 586. The summed E-state index contributed by atoms with van der Waals surface area (Å²) in [7, 11) is 3.41. The zero-order valence-corrected chi connectivity index (χ0v) is 13.5. The van der Waals surface area contributed by atoms with E-state index in [1.807, 2.05) is 12.1 Å². The Balaban J connectivity index is 2.24. The van der Waals surface area contributed by atoms with Crippen LogP contribution < -0.4 is 14.2 Å². The van der Waals surface area contributed by atoms with Crippen molar-refractivity contribution in [2.24, 2.45) is 5.92 Å². The van der Waals surface area contributed by atoms with Crippen LogP contribution in [0.15, 0.2) is 23.8 Å². The molecule has 0 amide bonds. The first-order chi connectivity index (χ1) is 9.97. The second-order valence-electron chi connectivity index (χ2n) is 6.60. The second-order valence-corrected chi connectivity index (χ2v) is 6.60. The van der Waals surface area contributed by atoms with Crippen LogP contribution in [0.2, 0.25) is 0 Å². The van der Waals surface area contributed by atoms with Gasteiger partial charge < -0.3 is 14.2 Å². The van der Waals surface area contributed by atoms with Crippen LogP contribution in [0.4, 0.5) is 0 Å². The maximum Gasteiger partial charge on any atom is 0.169 e. The molecule has 1 aliphatic heterocycles. The highest BCUT2D eigenvalue weighted by molar-refractivity contribution is 5.59. The third-order valence-corrected chi connectivity index (χ3v) is 4.90. The smallest absolute Gasteiger partial charge is 0.169 e. The van der Waals surface area contributed by atoms with Gasteiger partial charge in [-0.25, -0.2) is 0 Å². The zero-order valence-electron chi connectivity index (χ0n) is 13.5. The molecule has 1 aromatic carbocycles. The number of methoxy groups -OCH3 is 2. The van der Waals surface area contributed by atoms with Crippen LogP contribution >= 0.6 is 0 Å². The largest absolute Gasteiger partial charge is 0.496 e. The minimum atomic E-state index is -0.200. The Morgan fingerprint density at radius 3 is 2.48 bits per heavy atom. The van der Waals surface area contributed by atoms with Gasteiger partial charge in [0.25, 0.3) is 0 Å². The highest BCUT2D eigenvalue weighted by atomic mass is 16.5. The van der Waals surface area contributed by atoms with Crippen molar-refractivity contribution in [1.29, 1.82) is 0 Å². The lowest BCUT2D eigenvalue weighted by atomic mass is 9.68. The van der Waals surface area contributed by atoms with Gasteiger partial charge in [-0.05, 0) is 45.7 Å². The van der Waals surface area contributed by atoms with E-state index in [4.69, 9.17) is 14.2 Å². The first kappa shape index (κ1) is 14.3. The van der Waals surface area contributed by atoms with Gasteiger partial charge in [-0.15, -0.1) is 0 Å². The molecule has 1 aliphatic carbocycles. The molecule has 1 heterocycles. The van der Waals surface area contributed by atoms with Crippen LogP contribution in [-0.4, -0.2) is 19.8 Å². The van der Waals surface area contributed by atoms with Gasteiger partial charge in [-0.3, -0.25) is 0 Å². The molecule has 3 nitrogen and oxygen atoms in total. The molecule has 2 aliphatic rings. The Morgan fingerprint density at radius 1 is 1.14 bits per heavy atom. The van der Waals surface area contributed by atoms with Crippen LogP contribution in [0.1, 0.15) is 45.1 Å². The van der Waals surface area contributed by atoms with Crippen molar-refractivity contribution in [2.75, 3.05) is 14.2 Å². The van der Waals surface area contributed by atoms with E-state index in [-0.39, 0.29) is 5.60 Å². The van der Waals surface area contributed by atoms with Gasteiger partial charge in [0.2, 0.25) is 0 Å². The lowest BCUT2D eigenvalue weighted by molar-refractivity contribution is 0.00825. The van der Waals surface area contributed by atoms with Crippen molar-refractivity contribution in [1.82, 2.24) is 0 Å². The van der Waals surface area contributed by atoms with Crippen LogP contribution in [0.5, 0.6) is 17.2 Å². The molecule has 0 bridgehead atoms. The summed E-state index contributed by atoms with van der Waals surface area (Å²) in [5.41, 5.74) is 2.39. The lowest BCUT2D eigenvalue weighted by Gasteiger charge is -2.46. The molecular weight excluding hydrogens is 264 g/mol. The van der Waals surface area contributed by atoms with E-state index in [9.17, 15) is 0 Å². The van der Waals surface area contributed by atoms with E-state index < -0.39 is 0 Å². The maximum atomic E-state index is 6.35. The first-order valence-electron chi connectivity index (χ1n) is 7.59. The third kappa shape index (κ3) is 2.19. The average Bonchev–Trinajstić information content (AvgIpc) is 2.45. The molecule has 0 saturated heterocycles. The summed E-state index contributed by atoms with van der Waals surface area (Å²) in [6, 6.07) is 3.90. The van der Waals surface area contributed by atoms with Crippen LogP contribution in [-0.2, 0) is 0 Å². The molecule has 2 atom stereocenters. The van der Waals surface area contributed by atoms with E-state index in [2.05, 4.69) is 26.8 Å². The molecule has 0 saturated carbocycles. The minimum Gasteiger partial charge on any atom is -0.496 e. The summed E-state index contributed by atoms with van der Waals surface area (Å²) in [4.78, 5) is 0.